The lowest BCUT2D eigenvalue weighted by molar-refractivity contribution is -0.173. The topological polar surface area (TPSA) is 61.0 Å². The molecule has 0 aliphatic heterocycles. The minimum atomic E-state index is -4.28. The van der Waals surface area contributed by atoms with Gasteiger partial charge in [0.25, 0.3) is 0 Å². The van der Waals surface area contributed by atoms with E-state index in [1.807, 2.05) is 0 Å². The summed E-state index contributed by atoms with van der Waals surface area (Å²) in [5.74, 6) is 0. The van der Waals surface area contributed by atoms with Crippen molar-refractivity contribution in [3.05, 3.63) is 10.0 Å². The standard InChI is InChI=1S/C8H12F3N3OS/c1-5(12)7-14-13-6(16-7)2-3-15-4-8(9,10)11/h5H,2-4,12H2,1H3. The fraction of sp³-hybridized carbons (Fsp3) is 0.750. The van der Waals surface area contributed by atoms with Crippen LogP contribution in [0.5, 0.6) is 0 Å². The number of ether oxygens (including phenoxy) is 1. The first-order valence-electron chi connectivity index (χ1n) is 4.61. The van der Waals surface area contributed by atoms with E-state index in [0.717, 1.165) is 0 Å². The van der Waals surface area contributed by atoms with Gasteiger partial charge in [-0.1, -0.05) is 11.3 Å². The molecule has 1 atom stereocenters. The maximum atomic E-state index is 11.7. The Morgan fingerprint density at radius 3 is 2.62 bits per heavy atom. The summed E-state index contributed by atoms with van der Waals surface area (Å²) >= 11 is 1.29. The van der Waals surface area contributed by atoms with Gasteiger partial charge >= 0.3 is 6.18 Å². The monoisotopic (exact) mass is 255 g/mol. The second-order valence-corrected chi connectivity index (χ2v) is 4.33. The molecule has 8 heteroatoms. The third-order valence-corrected chi connectivity index (χ3v) is 2.78. The SMILES string of the molecule is CC(N)c1nnc(CCOCC(F)(F)F)s1. The molecule has 0 spiro atoms. The zero-order valence-electron chi connectivity index (χ0n) is 8.62. The van der Waals surface area contributed by atoms with Crippen LogP contribution in [0.2, 0.25) is 0 Å². The Kier molecular flexibility index (Phi) is 4.63. The van der Waals surface area contributed by atoms with E-state index in [1.165, 1.54) is 11.3 Å². The minimum Gasteiger partial charge on any atom is -0.372 e. The van der Waals surface area contributed by atoms with Crippen LogP contribution in [0.25, 0.3) is 0 Å². The van der Waals surface area contributed by atoms with Crippen LogP contribution < -0.4 is 5.73 Å². The van der Waals surface area contributed by atoms with E-state index in [1.54, 1.807) is 6.92 Å². The summed E-state index contributed by atoms with van der Waals surface area (Å²) in [5, 5.41) is 8.91. The van der Waals surface area contributed by atoms with Crippen molar-refractivity contribution in [2.24, 2.45) is 5.73 Å². The highest BCUT2D eigenvalue weighted by molar-refractivity contribution is 7.11. The number of alkyl halides is 3. The minimum absolute atomic E-state index is 0.0207. The van der Waals surface area contributed by atoms with Crippen LogP contribution in [0, 0.1) is 0 Å². The van der Waals surface area contributed by atoms with Gasteiger partial charge < -0.3 is 10.5 Å². The quantitative estimate of drug-likeness (QED) is 0.813. The van der Waals surface area contributed by atoms with Crippen molar-refractivity contribution < 1.29 is 17.9 Å². The Bertz CT molecular complexity index is 327. The fourth-order valence-corrected chi connectivity index (χ4v) is 1.67. The number of aromatic nitrogens is 2. The van der Waals surface area contributed by atoms with Crippen molar-refractivity contribution in [1.82, 2.24) is 10.2 Å². The van der Waals surface area contributed by atoms with E-state index in [9.17, 15) is 13.2 Å². The van der Waals surface area contributed by atoms with Crippen molar-refractivity contribution in [1.29, 1.82) is 0 Å². The zero-order chi connectivity index (χ0) is 12.2. The van der Waals surface area contributed by atoms with Crippen LogP contribution in [0.15, 0.2) is 0 Å². The molecule has 2 N–H and O–H groups in total. The number of rotatable bonds is 5. The van der Waals surface area contributed by atoms with E-state index in [2.05, 4.69) is 14.9 Å². The molecule has 0 saturated heterocycles. The van der Waals surface area contributed by atoms with E-state index < -0.39 is 12.8 Å². The van der Waals surface area contributed by atoms with Crippen LogP contribution in [-0.4, -0.2) is 29.6 Å². The van der Waals surface area contributed by atoms with Gasteiger partial charge in [-0.3, -0.25) is 0 Å². The average Bonchev–Trinajstić information content (AvgIpc) is 2.59. The summed E-state index contributed by atoms with van der Waals surface area (Å²) in [7, 11) is 0. The van der Waals surface area contributed by atoms with E-state index in [0.29, 0.717) is 16.4 Å². The Morgan fingerprint density at radius 1 is 1.44 bits per heavy atom. The number of halogens is 3. The van der Waals surface area contributed by atoms with E-state index in [-0.39, 0.29) is 12.6 Å². The molecule has 0 fully saturated rings. The highest BCUT2D eigenvalue weighted by Crippen LogP contribution is 2.17. The molecule has 0 radical (unpaired) electrons. The molecule has 16 heavy (non-hydrogen) atoms. The Hall–Kier alpha value is -0.730. The first-order valence-corrected chi connectivity index (χ1v) is 5.42. The number of hydrogen-bond donors (Lipinski definition) is 1. The first kappa shape index (κ1) is 13.3. The van der Waals surface area contributed by atoms with Crippen LogP contribution >= 0.6 is 11.3 Å². The lowest BCUT2D eigenvalue weighted by Gasteiger charge is -2.05. The summed E-state index contributed by atoms with van der Waals surface area (Å²) < 4.78 is 39.6. The molecule has 0 bridgehead atoms. The number of nitrogens with two attached hydrogens (primary N) is 1. The van der Waals surface area contributed by atoms with Gasteiger partial charge in [0.15, 0.2) is 0 Å². The smallest absolute Gasteiger partial charge is 0.372 e. The zero-order valence-corrected chi connectivity index (χ0v) is 9.44. The highest BCUT2D eigenvalue weighted by atomic mass is 32.1. The molecule has 1 heterocycles. The summed E-state index contributed by atoms with van der Waals surface area (Å²) in [4.78, 5) is 0. The molecule has 1 aromatic rings. The molecular weight excluding hydrogens is 243 g/mol. The van der Waals surface area contributed by atoms with Crippen LogP contribution in [0.1, 0.15) is 23.0 Å². The van der Waals surface area contributed by atoms with Gasteiger partial charge in [-0.05, 0) is 6.92 Å². The van der Waals surface area contributed by atoms with Gasteiger partial charge in [0.05, 0.1) is 12.6 Å². The summed E-state index contributed by atoms with van der Waals surface area (Å²) in [6.07, 6.45) is -3.96. The summed E-state index contributed by atoms with van der Waals surface area (Å²) in [6, 6.07) is -0.206. The lowest BCUT2D eigenvalue weighted by atomic mass is 10.4. The molecule has 0 aromatic carbocycles. The van der Waals surface area contributed by atoms with Gasteiger partial charge in [-0.25, -0.2) is 0 Å². The van der Waals surface area contributed by atoms with Gasteiger partial charge in [0.1, 0.15) is 16.6 Å². The van der Waals surface area contributed by atoms with Crippen molar-refractivity contribution in [2.75, 3.05) is 13.2 Å². The Labute approximate surface area is 94.6 Å². The second kappa shape index (κ2) is 5.55. The molecule has 1 rings (SSSR count). The van der Waals surface area contributed by atoms with Gasteiger partial charge in [0.2, 0.25) is 0 Å². The largest absolute Gasteiger partial charge is 0.411 e. The first-order chi connectivity index (χ1) is 7.38. The van der Waals surface area contributed by atoms with Gasteiger partial charge in [-0.15, -0.1) is 10.2 Å². The third-order valence-electron chi connectivity index (χ3n) is 1.60. The molecule has 0 amide bonds. The van der Waals surface area contributed by atoms with E-state index >= 15 is 0 Å². The molecule has 1 unspecified atom stereocenters. The Balaban J connectivity index is 2.27. The van der Waals surface area contributed by atoms with Crippen molar-refractivity contribution in [2.45, 2.75) is 25.6 Å². The van der Waals surface area contributed by atoms with E-state index in [4.69, 9.17) is 5.73 Å². The van der Waals surface area contributed by atoms with Crippen LogP contribution in [0.4, 0.5) is 13.2 Å². The van der Waals surface area contributed by atoms with Crippen molar-refractivity contribution in [3.8, 4) is 0 Å². The third kappa shape index (κ3) is 4.86. The molecule has 0 aliphatic rings. The molecule has 1 aromatic heterocycles. The highest BCUT2D eigenvalue weighted by Gasteiger charge is 2.27. The summed E-state index contributed by atoms with van der Waals surface area (Å²) in [5.41, 5.74) is 5.57. The average molecular weight is 255 g/mol. The van der Waals surface area contributed by atoms with Crippen molar-refractivity contribution in [3.63, 3.8) is 0 Å². The number of hydrogen-bond acceptors (Lipinski definition) is 5. The maximum absolute atomic E-state index is 11.7. The number of nitrogens with zero attached hydrogens (tertiary/aromatic N) is 2. The predicted molar refractivity (Wildman–Crippen MR) is 53.1 cm³/mol. The van der Waals surface area contributed by atoms with Crippen LogP contribution in [-0.2, 0) is 11.2 Å². The molecule has 0 saturated carbocycles. The second-order valence-electron chi connectivity index (χ2n) is 3.24. The predicted octanol–water partition coefficient (Wildman–Crippen LogP) is 1.68. The van der Waals surface area contributed by atoms with Crippen LogP contribution in [0.3, 0.4) is 0 Å². The van der Waals surface area contributed by atoms with Gasteiger partial charge in [0, 0.05) is 6.42 Å². The molecule has 4 nitrogen and oxygen atoms in total. The van der Waals surface area contributed by atoms with Crippen molar-refractivity contribution >= 4 is 11.3 Å². The molecule has 0 aliphatic carbocycles. The molecular formula is C8H12F3N3OS. The normalized spacial score (nSPS) is 14.1. The Morgan fingerprint density at radius 2 is 2.12 bits per heavy atom. The molecule has 92 valence electrons. The fourth-order valence-electron chi connectivity index (χ4n) is 0.899. The van der Waals surface area contributed by atoms with Gasteiger partial charge in [-0.2, -0.15) is 13.2 Å². The lowest BCUT2D eigenvalue weighted by Crippen LogP contribution is -2.17. The maximum Gasteiger partial charge on any atom is 0.411 e. The summed E-state index contributed by atoms with van der Waals surface area (Å²) in [6.45, 7) is 0.517.